The second-order valence-electron chi connectivity index (χ2n) is 8.31. The van der Waals surface area contributed by atoms with E-state index in [2.05, 4.69) is 30.9 Å². The zero-order valence-electron chi connectivity index (χ0n) is 20.4. The highest BCUT2D eigenvalue weighted by molar-refractivity contribution is 5.94. The van der Waals surface area contributed by atoms with Crippen LogP contribution in [-0.2, 0) is 25.6 Å². The first-order valence-corrected chi connectivity index (χ1v) is 11.7. The van der Waals surface area contributed by atoms with Crippen LogP contribution < -0.4 is 38.9 Å². The van der Waals surface area contributed by atoms with Gasteiger partial charge in [0.1, 0.15) is 18.1 Å². The molecule has 15 nitrogen and oxygen atoms in total. The van der Waals surface area contributed by atoms with E-state index in [1.807, 2.05) is 0 Å². The van der Waals surface area contributed by atoms with Gasteiger partial charge in [-0.3, -0.25) is 24.2 Å². The van der Waals surface area contributed by atoms with Crippen LogP contribution in [0.4, 0.5) is 0 Å². The molecule has 0 saturated heterocycles. The third-order valence-electron chi connectivity index (χ3n) is 5.22. The van der Waals surface area contributed by atoms with Gasteiger partial charge in [-0.05, 0) is 45.6 Å². The van der Waals surface area contributed by atoms with E-state index in [4.69, 9.17) is 28.0 Å². The van der Waals surface area contributed by atoms with Crippen LogP contribution in [0.3, 0.4) is 0 Å². The Hall–Kier alpha value is -3.72. The van der Waals surface area contributed by atoms with Crippen molar-refractivity contribution in [3.8, 4) is 0 Å². The van der Waals surface area contributed by atoms with Gasteiger partial charge >= 0.3 is 5.97 Å². The molecule has 0 radical (unpaired) electrons. The lowest BCUT2D eigenvalue weighted by molar-refractivity contribution is -0.141. The Bertz CT molecular complexity index is 872. The van der Waals surface area contributed by atoms with E-state index in [0.717, 1.165) is 0 Å². The van der Waals surface area contributed by atoms with E-state index in [1.54, 1.807) is 0 Å². The van der Waals surface area contributed by atoms with Crippen molar-refractivity contribution < 1.29 is 24.3 Å². The van der Waals surface area contributed by atoms with Crippen molar-refractivity contribution in [1.29, 1.82) is 0 Å². The summed E-state index contributed by atoms with van der Waals surface area (Å²) in [5, 5.41) is 16.7. The predicted molar refractivity (Wildman–Crippen MR) is 132 cm³/mol. The molecule has 4 unspecified atom stereocenters. The molecule has 1 aromatic rings. The maximum Gasteiger partial charge on any atom is 0.325 e. The van der Waals surface area contributed by atoms with Crippen LogP contribution in [-0.4, -0.2) is 82.0 Å². The van der Waals surface area contributed by atoms with E-state index < -0.39 is 47.9 Å². The minimum Gasteiger partial charge on any atom is -0.480 e. The maximum atomic E-state index is 13.1. The first kappa shape index (κ1) is 30.3. The Labute approximate surface area is 209 Å². The van der Waals surface area contributed by atoms with Crippen molar-refractivity contribution in [3.63, 3.8) is 0 Å². The fourth-order valence-corrected chi connectivity index (χ4v) is 3.19. The number of carboxylic acid groups (broad SMARTS) is 1. The number of nitrogens with two attached hydrogens (primary N) is 4. The second-order valence-corrected chi connectivity index (χ2v) is 8.31. The number of carboxylic acids is 1. The molecule has 36 heavy (non-hydrogen) atoms. The summed E-state index contributed by atoms with van der Waals surface area (Å²) in [6.45, 7) is 1.93. The number of H-pyrrole nitrogens is 1. The largest absolute Gasteiger partial charge is 0.480 e. The zero-order valence-corrected chi connectivity index (χ0v) is 20.4. The molecule has 0 aliphatic carbocycles. The average molecular weight is 511 g/mol. The molecule has 0 fully saturated rings. The van der Waals surface area contributed by atoms with Gasteiger partial charge in [0.2, 0.25) is 17.7 Å². The predicted octanol–water partition coefficient (Wildman–Crippen LogP) is -2.98. The normalized spacial score (nSPS) is 14.1. The number of carbonyl (C=O) groups excluding carboxylic acids is 3. The molecule has 0 saturated carbocycles. The van der Waals surface area contributed by atoms with Gasteiger partial charge in [-0.1, -0.05) is 0 Å². The van der Waals surface area contributed by atoms with Crippen LogP contribution in [0, 0.1) is 0 Å². The highest BCUT2D eigenvalue weighted by Crippen LogP contribution is 2.06. The number of aliphatic carboxylic acids is 1. The van der Waals surface area contributed by atoms with Crippen molar-refractivity contribution in [2.45, 2.75) is 69.6 Å². The van der Waals surface area contributed by atoms with E-state index in [9.17, 15) is 19.2 Å². The lowest BCUT2D eigenvalue weighted by atomic mass is 10.0. The Morgan fingerprint density at radius 2 is 1.64 bits per heavy atom. The molecule has 13 N–H and O–H groups in total. The molecule has 0 spiro atoms. The minimum atomic E-state index is -1.22. The fourth-order valence-electron chi connectivity index (χ4n) is 3.19. The summed E-state index contributed by atoms with van der Waals surface area (Å²) in [7, 11) is 0. The SMILES string of the molecule is CC(NC(=O)C(CCCCN)NC(=O)C(CCCN=C(N)N)NC(=O)C(N)Cc1cnc[nH]1)C(=O)O. The molecular weight excluding hydrogens is 472 g/mol. The highest BCUT2D eigenvalue weighted by atomic mass is 16.4. The van der Waals surface area contributed by atoms with Gasteiger partial charge in [0.05, 0.1) is 12.4 Å². The molecule has 0 bridgehead atoms. The van der Waals surface area contributed by atoms with Crippen molar-refractivity contribution in [2.75, 3.05) is 13.1 Å². The number of rotatable bonds is 17. The maximum absolute atomic E-state index is 13.1. The van der Waals surface area contributed by atoms with Crippen LogP contribution in [0.2, 0.25) is 0 Å². The molecule has 3 amide bonds. The Balaban J connectivity index is 2.94. The lowest BCUT2D eigenvalue weighted by Crippen LogP contribution is -2.57. The first-order valence-electron chi connectivity index (χ1n) is 11.7. The van der Waals surface area contributed by atoms with Crippen molar-refractivity contribution in [3.05, 3.63) is 18.2 Å². The van der Waals surface area contributed by atoms with Gasteiger partial charge in [0.25, 0.3) is 0 Å². The Morgan fingerprint density at radius 3 is 2.19 bits per heavy atom. The number of hydrogen-bond donors (Lipinski definition) is 9. The number of amides is 3. The number of imidazole rings is 1. The van der Waals surface area contributed by atoms with Gasteiger partial charge in [-0.15, -0.1) is 0 Å². The second kappa shape index (κ2) is 16.0. The standard InChI is InChI=1S/C21H38N10O5/c1-12(20(35)36)29-18(33)15(5-2-3-7-22)31-19(34)16(6-4-8-27-21(24)25)30-17(32)14(23)9-13-10-26-11-28-13/h10-12,14-16H,2-9,22-23H2,1H3,(H,26,28)(H,29,33)(H,30,32)(H,31,34)(H,35,36)(H4,24,25,27). The van der Waals surface area contributed by atoms with Gasteiger partial charge in [-0.2, -0.15) is 0 Å². The van der Waals surface area contributed by atoms with E-state index >= 15 is 0 Å². The topological polar surface area (TPSA) is 270 Å². The van der Waals surface area contributed by atoms with Crippen LogP contribution in [0.5, 0.6) is 0 Å². The third kappa shape index (κ3) is 11.6. The fraction of sp³-hybridized carbons (Fsp3) is 0.619. The summed E-state index contributed by atoms with van der Waals surface area (Å²) in [5.74, 6) is -3.18. The molecule has 0 aliphatic rings. The summed E-state index contributed by atoms with van der Waals surface area (Å²) >= 11 is 0. The number of nitrogens with zero attached hydrogens (tertiary/aromatic N) is 2. The first-order chi connectivity index (χ1) is 17.0. The summed E-state index contributed by atoms with van der Waals surface area (Å²) in [6, 6.07) is -4.18. The van der Waals surface area contributed by atoms with Gasteiger partial charge in [0.15, 0.2) is 5.96 Å². The number of nitrogens with one attached hydrogen (secondary N) is 4. The molecular formula is C21H38N10O5. The molecule has 1 aromatic heterocycles. The number of carbonyl (C=O) groups is 4. The molecule has 1 heterocycles. The molecule has 1 rings (SSSR count). The molecule has 0 aliphatic heterocycles. The Morgan fingerprint density at radius 1 is 1.03 bits per heavy atom. The summed E-state index contributed by atoms with van der Waals surface area (Å²) < 4.78 is 0. The van der Waals surface area contributed by atoms with E-state index in [-0.39, 0.29) is 31.8 Å². The number of guanidine groups is 1. The summed E-state index contributed by atoms with van der Waals surface area (Å²) in [4.78, 5) is 60.2. The van der Waals surface area contributed by atoms with Gasteiger partial charge in [0, 0.05) is 24.9 Å². The number of aliphatic imine (C=N–C) groups is 1. The van der Waals surface area contributed by atoms with Crippen LogP contribution in [0.15, 0.2) is 17.5 Å². The Kier molecular flexibility index (Phi) is 13.5. The molecule has 202 valence electrons. The van der Waals surface area contributed by atoms with E-state index in [0.29, 0.717) is 31.5 Å². The smallest absolute Gasteiger partial charge is 0.325 e. The average Bonchev–Trinajstić information content (AvgIpc) is 3.32. The summed E-state index contributed by atoms with van der Waals surface area (Å²) in [5.41, 5.74) is 22.8. The highest BCUT2D eigenvalue weighted by Gasteiger charge is 2.29. The number of hydrogen-bond acceptors (Lipinski definition) is 8. The summed E-state index contributed by atoms with van der Waals surface area (Å²) in [6.07, 6.45) is 5.04. The van der Waals surface area contributed by atoms with Crippen molar-refractivity contribution in [2.24, 2.45) is 27.9 Å². The number of unbranched alkanes of at least 4 members (excludes halogenated alkanes) is 1. The number of aromatic amines is 1. The van der Waals surface area contributed by atoms with Crippen LogP contribution in [0.1, 0.15) is 44.7 Å². The van der Waals surface area contributed by atoms with Crippen molar-refractivity contribution in [1.82, 2.24) is 25.9 Å². The number of aromatic nitrogens is 2. The van der Waals surface area contributed by atoms with Crippen LogP contribution >= 0.6 is 0 Å². The lowest BCUT2D eigenvalue weighted by Gasteiger charge is -2.24. The van der Waals surface area contributed by atoms with Gasteiger partial charge in [-0.25, -0.2) is 4.98 Å². The third-order valence-corrected chi connectivity index (χ3v) is 5.22. The zero-order chi connectivity index (χ0) is 27.1. The quantitative estimate of drug-likeness (QED) is 0.0582. The molecule has 15 heteroatoms. The minimum absolute atomic E-state index is 0.106. The van der Waals surface area contributed by atoms with Crippen LogP contribution in [0.25, 0.3) is 0 Å². The monoisotopic (exact) mass is 510 g/mol. The molecule has 4 atom stereocenters. The molecule has 0 aromatic carbocycles. The van der Waals surface area contributed by atoms with E-state index in [1.165, 1.54) is 19.4 Å². The van der Waals surface area contributed by atoms with Crippen molar-refractivity contribution >= 4 is 29.7 Å². The van der Waals surface area contributed by atoms with Gasteiger partial charge < -0.3 is 49.0 Å².